The van der Waals surface area contributed by atoms with Crippen molar-refractivity contribution >= 4 is 11.6 Å². The van der Waals surface area contributed by atoms with Gasteiger partial charge in [0.05, 0.1) is 0 Å². The van der Waals surface area contributed by atoms with Crippen LogP contribution in [0.5, 0.6) is 0 Å². The minimum Gasteiger partial charge on any atom is -0.373 e. The molecule has 2 aliphatic heterocycles. The number of rotatable bonds is 2. The Morgan fingerprint density at radius 2 is 2.00 bits per heavy atom. The number of benzene rings is 1. The Morgan fingerprint density at radius 3 is 2.85 bits per heavy atom. The van der Waals surface area contributed by atoms with Gasteiger partial charge in [0.1, 0.15) is 6.04 Å². The molecule has 2 aromatic rings. The molecule has 1 unspecified atom stereocenters. The fourth-order valence-electron chi connectivity index (χ4n) is 3.04. The van der Waals surface area contributed by atoms with E-state index in [1.165, 1.54) is 30.5 Å². The molecule has 1 atom stereocenters. The second-order valence-corrected chi connectivity index (χ2v) is 5.54. The lowest BCUT2D eigenvalue weighted by molar-refractivity contribution is 0.362. The highest BCUT2D eigenvalue weighted by Crippen LogP contribution is 2.33. The molecule has 0 radical (unpaired) electrons. The number of fused-ring (bicyclic) bond motifs is 1. The molecule has 0 bridgehead atoms. The highest BCUT2D eigenvalue weighted by atomic mass is 16.5. The predicted molar refractivity (Wildman–Crippen MR) is 76.9 cm³/mol. The second-order valence-electron chi connectivity index (χ2n) is 5.54. The maximum atomic E-state index is 5.47. The highest BCUT2D eigenvalue weighted by Gasteiger charge is 2.27. The zero-order valence-electron chi connectivity index (χ0n) is 11.4. The van der Waals surface area contributed by atoms with Gasteiger partial charge in [-0.3, -0.25) is 0 Å². The summed E-state index contributed by atoms with van der Waals surface area (Å²) in [6.07, 6.45) is 4.66. The third kappa shape index (κ3) is 2.03. The van der Waals surface area contributed by atoms with Gasteiger partial charge in [0.15, 0.2) is 0 Å². The van der Waals surface area contributed by atoms with Gasteiger partial charge in [-0.25, -0.2) is 0 Å². The fraction of sp³-hybridized carbons (Fsp3) is 0.467. The topological polar surface area (TPSA) is 54.2 Å². The first-order chi connectivity index (χ1) is 9.90. The first-order valence-electron chi connectivity index (χ1n) is 7.33. The highest BCUT2D eigenvalue weighted by molar-refractivity contribution is 5.57. The van der Waals surface area contributed by atoms with Gasteiger partial charge >= 0.3 is 0 Å². The Morgan fingerprint density at radius 1 is 1.15 bits per heavy atom. The average Bonchev–Trinajstić information content (AvgIpc) is 3.14. The largest absolute Gasteiger partial charge is 0.373 e. The van der Waals surface area contributed by atoms with Gasteiger partial charge in [-0.2, -0.15) is 4.98 Å². The summed E-state index contributed by atoms with van der Waals surface area (Å²) in [7, 11) is 0. The number of piperidine rings is 1. The smallest absolute Gasteiger partial charge is 0.266 e. The Kier molecular flexibility index (Phi) is 2.83. The maximum Gasteiger partial charge on any atom is 0.266 e. The van der Waals surface area contributed by atoms with Crippen LogP contribution in [0.15, 0.2) is 28.8 Å². The maximum absolute atomic E-state index is 5.47. The minimum absolute atomic E-state index is 0.110. The Bertz CT molecular complexity index is 578. The molecule has 0 aliphatic carbocycles. The number of hydrogen-bond donors (Lipinski definition) is 1. The first kappa shape index (κ1) is 11.8. The van der Waals surface area contributed by atoms with E-state index in [2.05, 4.69) is 38.6 Å². The monoisotopic (exact) mass is 270 g/mol. The summed E-state index contributed by atoms with van der Waals surface area (Å²) in [5.41, 5.74) is 2.49. The normalized spacial score (nSPS) is 21.6. The predicted octanol–water partition coefficient (Wildman–Crippen LogP) is 2.77. The number of nitrogens with one attached hydrogen (secondary N) is 1. The quantitative estimate of drug-likeness (QED) is 0.909. The van der Waals surface area contributed by atoms with Crippen molar-refractivity contribution in [2.75, 3.05) is 23.3 Å². The van der Waals surface area contributed by atoms with E-state index in [0.29, 0.717) is 5.89 Å². The van der Waals surface area contributed by atoms with Crippen molar-refractivity contribution in [2.45, 2.75) is 31.7 Å². The first-order valence-corrected chi connectivity index (χ1v) is 7.33. The van der Waals surface area contributed by atoms with Crippen molar-refractivity contribution < 1.29 is 4.52 Å². The second kappa shape index (κ2) is 4.81. The molecule has 5 nitrogen and oxygen atoms in total. The van der Waals surface area contributed by atoms with Crippen LogP contribution in [0.2, 0.25) is 0 Å². The van der Waals surface area contributed by atoms with Crippen molar-refractivity contribution in [1.29, 1.82) is 0 Å². The van der Waals surface area contributed by atoms with Crippen LogP contribution in [-0.2, 0) is 6.42 Å². The summed E-state index contributed by atoms with van der Waals surface area (Å²) in [5, 5.41) is 7.60. The van der Waals surface area contributed by atoms with E-state index in [1.54, 1.807) is 0 Å². The van der Waals surface area contributed by atoms with Crippen LogP contribution in [0.4, 0.5) is 11.6 Å². The van der Waals surface area contributed by atoms with Crippen molar-refractivity contribution in [3.8, 4) is 0 Å². The van der Waals surface area contributed by atoms with Crippen LogP contribution in [0.3, 0.4) is 0 Å². The Balaban J connectivity index is 1.52. The van der Waals surface area contributed by atoms with Crippen LogP contribution >= 0.6 is 0 Å². The van der Waals surface area contributed by atoms with E-state index in [0.717, 1.165) is 25.5 Å². The number of para-hydroxylation sites is 1. The molecule has 20 heavy (non-hydrogen) atoms. The van der Waals surface area contributed by atoms with Gasteiger partial charge in [-0.05, 0) is 36.0 Å². The standard InChI is InChI=1S/C15H18N4O/c1-4-8-19(9-5-1)15-17-14(20-18-15)13-10-11-6-2-3-7-12(11)16-13/h2-3,6-7,13,16H,1,4-5,8-10H2. The molecule has 0 saturated carbocycles. The van der Waals surface area contributed by atoms with Gasteiger partial charge in [-0.1, -0.05) is 18.2 Å². The summed E-state index contributed by atoms with van der Waals surface area (Å²) in [4.78, 5) is 6.81. The van der Waals surface area contributed by atoms with E-state index in [-0.39, 0.29) is 6.04 Å². The average molecular weight is 270 g/mol. The minimum atomic E-state index is 0.110. The number of anilines is 2. The lowest BCUT2D eigenvalue weighted by Gasteiger charge is -2.24. The molecule has 1 saturated heterocycles. The third-order valence-electron chi connectivity index (χ3n) is 4.14. The molecule has 3 heterocycles. The van der Waals surface area contributed by atoms with Crippen LogP contribution in [-0.4, -0.2) is 23.2 Å². The van der Waals surface area contributed by atoms with Crippen LogP contribution in [0.1, 0.15) is 36.8 Å². The molecular weight excluding hydrogens is 252 g/mol. The molecule has 0 spiro atoms. The molecule has 1 N–H and O–H groups in total. The lowest BCUT2D eigenvalue weighted by atomic mass is 10.1. The molecule has 0 amide bonds. The molecule has 1 aromatic heterocycles. The fourth-order valence-corrected chi connectivity index (χ4v) is 3.04. The van der Waals surface area contributed by atoms with Crippen molar-refractivity contribution in [3.63, 3.8) is 0 Å². The van der Waals surface area contributed by atoms with Crippen LogP contribution in [0, 0.1) is 0 Å². The van der Waals surface area contributed by atoms with Crippen LogP contribution < -0.4 is 10.2 Å². The number of aromatic nitrogens is 2. The molecule has 4 rings (SSSR count). The summed E-state index contributed by atoms with van der Waals surface area (Å²) in [5.74, 6) is 1.44. The molecule has 1 aromatic carbocycles. The van der Waals surface area contributed by atoms with E-state index in [4.69, 9.17) is 4.52 Å². The SMILES string of the molecule is c1ccc2c(c1)CC(c1nc(N3CCCCC3)no1)N2. The Labute approximate surface area is 118 Å². The van der Waals surface area contributed by atoms with E-state index in [9.17, 15) is 0 Å². The molecule has 2 aliphatic rings. The van der Waals surface area contributed by atoms with Gasteiger partial charge < -0.3 is 14.7 Å². The summed E-state index contributed by atoms with van der Waals surface area (Å²) < 4.78 is 5.47. The lowest BCUT2D eigenvalue weighted by Crippen LogP contribution is -2.30. The van der Waals surface area contributed by atoms with Gasteiger partial charge in [0.25, 0.3) is 11.8 Å². The summed E-state index contributed by atoms with van der Waals surface area (Å²) >= 11 is 0. The van der Waals surface area contributed by atoms with Crippen molar-refractivity contribution in [1.82, 2.24) is 10.1 Å². The van der Waals surface area contributed by atoms with Gasteiger partial charge in [0.2, 0.25) is 0 Å². The van der Waals surface area contributed by atoms with Crippen molar-refractivity contribution in [2.24, 2.45) is 0 Å². The van der Waals surface area contributed by atoms with Gasteiger partial charge in [0, 0.05) is 25.2 Å². The molecule has 104 valence electrons. The Hall–Kier alpha value is -2.04. The molecule has 5 heteroatoms. The van der Waals surface area contributed by atoms with E-state index >= 15 is 0 Å². The van der Waals surface area contributed by atoms with Crippen LogP contribution in [0.25, 0.3) is 0 Å². The zero-order chi connectivity index (χ0) is 13.4. The van der Waals surface area contributed by atoms with Crippen molar-refractivity contribution in [3.05, 3.63) is 35.7 Å². The molecular formula is C15H18N4O. The summed E-state index contributed by atoms with van der Waals surface area (Å²) in [6, 6.07) is 8.46. The summed E-state index contributed by atoms with van der Waals surface area (Å²) in [6.45, 7) is 2.08. The number of nitrogens with zero attached hydrogens (tertiary/aromatic N) is 3. The third-order valence-corrected chi connectivity index (χ3v) is 4.14. The van der Waals surface area contributed by atoms with E-state index in [1.807, 2.05) is 6.07 Å². The molecule has 1 fully saturated rings. The number of hydrogen-bond acceptors (Lipinski definition) is 5. The van der Waals surface area contributed by atoms with Gasteiger partial charge in [-0.15, -0.1) is 0 Å². The zero-order valence-corrected chi connectivity index (χ0v) is 11.4. The van der Waals surface area contributed by atoms with E-state index < -0.39 is 0 Å².